The molecule has 0 saturated carbocycles. The van der Waals surface area contributed by atoms with Crippen molar-refractivity contribution in [3.8, 4) is 5.75 Å². The van der Waals surface area contributed by atoms with Crippen molar-refractivity contribution in [2.75, 3.05) is 6.26 Å². The number of nitrogens with zero attached hydrogens (tertiary/aromatic N) is 1. The van der Waals surface area contributed by atoms with Crippen LogP contribution < -0.4 is 9.67 Å². The highest BCUT2D eigenvalue weighted by atomic mass is 32.2. The standard InChI is InChI=1S/C7H9NOS/c1-8-5-3-4-6(9)7(8)10-2/h3-5H,1-2H3. The topological polar surface area (TPSA) is 26.9 Å². The summed E-state index contributed by atoms with van der Waals surface area (Å²) in [6, 6.07) is 3.33. The van der Waals surface area contributed by atoms with Gasteiger partial charge in [-0.05, 0) is 12.0 Å². The first-order valence-electron chi connectivity index (χ1n) is 2.95. The van der Waals surface area contributed by atoms with E-state index in [0.29, 0.717) is 0 Å². The van der Waals surface area contributed by atoms with Gasteiger partial charge in [0.2, 0.25) is 5.03 Å². The maximum atomic E-state index is 11.0. The van der Waals surface area contributed by atoms with Gasteiger partial charge >= 0.3 is 0 Å². The summed E-state index contributed by atoms with van der Waals surface area (Å²) in [6.45, 7) is 0. The summed E-state index contributed by atoms with van der Waals surface area (Å²) in [7, 11) is 1.87. The van der Waals surface area contributed by atoms with E-state index in [1.165, 1.54) is 11.8 Å². The highest BCUT2D eigenvalue weighted by Gasteiger charge is 2.02. The summed E-state index contributed by atoms with van der Waals surface area (Å²) in [5.74, 6) is 0.0949. The van der Waals surface area contributed by atoms with Crippen molar-refractivity contribution in [2.24, 2.45) is 7.05 Å². The quantitative estimate of drug-likeness (QED) is 0.431. The van der Waals surface area contributed by atoms with Gasteiger partial charge in [-0.25, -0.2) is 0 Å². The van der Waals surface area contributed by atoms with Gasteiger partial charge < -0.3 is 5.11 Å². The second-order valence-corrected chi connectivity index (χ2v) is 2.79. The molecular formula is C7H9NOS. The molecule has 0 unspecified atom stereocenters. The van der Waals surface area contributed by atoms with Crippen LogP contribution in [0.4, 0.5) is 0 Å². The number of aryl methyl sites for hydroxylation is 1. The first kappa shape index (κ1) is 7.41. The molecule has 54 valence electrons. The van der Waals surface area contributed by atoms with Crippen molar-refractivity contribution in [1.82, 2.24) is 0 Å². The van der Waals surface area contributed by atoms with Crippen LogP contribution in [-0.2, 0) is 7.05 Å². The fraction of sp³-hybridized carbons (Fsp3) is 0.286. The van der Waals surface area contributed by atoms with E-state index < -0.39 is 0 Å². The monoisotopic (exact) mass is 155 g/mol. The van der Waals surface area contributed by atoms with Crippen LogP contribution in [0.1, 0.15) is 0 Å². The first-order valence-corrected chi connectivity index (χ1v) is 4.18. The number of hydrogen-bond donors (Lipinski definition) is 0. The Labute approximate surface area is 64.5 Å². The predicted molar refractivity (Wildman–Crippen MR) is 38.8 cm³/mol. The van der Waals surface area contributed by atoms with Crippen molar-refractivity contribution in [3.05, 3.63) is 18.3 Å². The molecular weight excluding hydrogens is 146 g/mol. The number of rotatable bonds is 1. The molecule has 0 aliphatic carbocycles. The minimum Gasteiger partial charge on any atom is -0.868 e. The van der Waals surface area contributed by atoms with Crippen LogP contribution in [0.25, 0.3) is 0 Å². The van der Waals surface area contributed by atoms with Crippen molar-refractivity contribution in [3.63, 3.8) is 0 Å². The molecule has 0 fully saturated rings. The lowest BCUT2D eigenvalue weighted by molar-refractivity contribution is -0.712. The molecule has 0 N–H and O–H groups in total. The summed E-state index contributed by atoms with van der Waals surface area (Å²) in [4.78, 5) is 0. The van der Waals surface area contributed by atoms with E-state index in [0.717, 1.165) is 5.03 Å². The van der Waals surface area contributed by atoms with Crippen LogP contribution in [0, 0.1) is 0 Å². The van der Waals surface area contributed by atoms with E-state index in [4.69, 9.17) is 0 Å². The summed E-state index contributed by atoms with van der Waals surface area (Å²) < 4.78 is 1.83. The number of pyridine rings is 1. The Morgan fingerprint density at radius 3 is 2.70 bits per heavy atom. The molecule has 0 aliphatic heterocycles. The molecule has 1 aromatic heterocycles. The maximum Gasteiger partial charge on any atom is 0.231 e. The van der Waals surface area contributed by atoms with Crippen molar-refractivity contribution >= 4 is 11.8 Å². The molecule has 1 rings (SSSR count). The molecule has 10 heavy (non-hydrogen) atoms. The highest BCUT2D eigenvalue weighted by Crippen LogP contribution is 2.17. The second-order valence-electron chi connectivity index (χ2n) is 1.99. The van der Waals surface area contributed by atoms with Crippen molar-refractivity contribution < 1.29 is 9.67 Å². The zero-order chi connectivity index (χ0) is 7.56. The minimum atomic E-state index is 0.0949. The third-order valence-corrected chi connectivity index (χ3v) is 2.16. The SMILES string of the molecule is CSc1c([O-])ccc[n+]1C. The molecule has 0 bridgehead atoms. The fourth-order valence-electron chi connectivity index (χ4n) is 0.817. The molecule has 2 nitrogen and oxygen atoms in total. The molecule has 1 heterocycles. The fourth-order valence-corrected chi connectivity index (χ4v) is 1.43. The lowest BCUT2D eigenvalue weighted by atomic mass is 10.4. The normalized spacial score (nSPS) is 9.80. The molecule has 0 spiro atoms. The van der Waals surface area contributed by atoms with Gasteiger partial charge in [0.1, 0.15) is 7.05 Å². The Hall–Kier alpha value is -0.700. The summed E-state index contributed by atoms with van der Waals surface area (Å²) in [6.07, 6.45) is 3.77. The van der Waals surface area contributed by atoms with Crippen LogP contribution in [0.15, 0.2) is 23.4 Å². The summed E-state index contributed by atoms with van der Waals surface area (Å²) in [5.41, 5.74) is 0. The Morgan fingerprint density at radius 1 is 1.60 bits per heavy atom. The molecule has 0 radical (unpaired) electrons. The molecule has 0 amide bonds. The Balaban J connectivity index is 3.17. The van der Waals surface area contributed by atoms with Crippen LogP contribution in [0.5, 0.6) is 5.75 Å². The van der Waals surface area contributed by atoms with Crippen molar-refractivity contribution in [2.45, 2.75) is 5.03 Å². The lowest BCUT2D eigenvalue weighted by Crippen LogP contribution is -2.30. The second kappa shape index (κ2) is 2.92. The van der Waals surface area contributed by atoms with E-state index in [9.17, 15) is 5.11 Å². The summed E-state index contributed by atoms with van der Waals surface area (Å²) >= 11 is 1.47. The average molecular weight is 155 g/mol. The van der Waals surface area contributed by atoms with Crippen LogP contribution in [0.3, 0.4) is 0 Å². The zero-order valence-corrected chi connectivity index (χ0v) is 6.81. The van der Waals surface area contributed by atoms with Gasteiger partial charge in [-0.3, -0.25) is 0 Å². The molecule has 3 heteroatoms. The highest BCUT2D eigenvalue weighted by molar-refractivity contribution is 7.98. The third-order valence-electron chi connectivity index (χ3n) is 1.28. The van der Waals surface area contributed by atoms with Gasteiger partial charge in [0.05, 0.1) is 0 Å². The molecule has 0 aliphatic rings. The molecule has 0 saturated heterocycles. The average Bonchev–Trinajstić information content (AvgIpc) is 1.88. The Kier molecular flexibility index (Phi) is 2.17. The minimum absolute atomic E-state index is 0.0949. The van der Waals surface area contributed by atoms with E-state index in [1.807, 2.05) is 24.1 Å². The summed E-state index contributed by atoms with van der Waals surface area (Å²) in [5, 5.41) is 11.8. The van der Waals surface area contributed by atoms with Crippen LogP contribution in [-0.4, -0.2) is 6.26 Å². The first-order chi connectivity index (χ1) is 4.75. The van der Waals surface area contributed by atoms with E-state index in [-0.39, 0.29) is 5.75 Å². The zero-order valence-electron chi connectivity index (χ0n) is 6.00. The predicted octanol–water partition coefficient (Wildman–Crippen LogP) is 0.307. The van der Waals surface area contributed by atoms with Crippen LogP contribution in [0.2, 0.25) is 0 Å². The van der Waals surface area contributed by atoms with Gasteiger partial charge in [-0.15, -0.1) is 0 Å². The van der Waals surface area contributed by atoms with Gasteiger partial charge in [-0.2, -0.15) is 4.57 Å². The molecule has 1 aromatic rings. The Bertz CT molecular complexity index is 217. The maximum absolute atomic E-state index is 11.0. The largest absolute Gasteiger partial charge is 0.868 e. The number of thioether (sulfide) groups is 1. The lowest BCUT2D eigenvalue weighted by Gasteiger charge is -2.06. The Morgan fingerprint density at radius 2 is 2.30 bits per heavy atom. The smallest absolute Gasteiger partial charge is 0.231 e. The molecule has 0 atom stereocenters. The number of aromatic nitrogens is 1. The third kappa shape index (κ3) is 1.24. The molecule has 0 aromatic carbocycles. The van der Waals surface area contributed by atoms with E-state index in [1.54, 1.807) is 12.1 Å². The van der Waals surface area contributed by atoms with Gasteiger partial charge in [0, 0.05) is 6.07 Å². The van der Waals surface area contributed by atoms with Gasteiger partial charge in [0.25, 0.3) is 0 Å². The van der Waals surface area contributed by atoms with E-state index in [2.05, 4.69) is 0 Å². The van der Waals surface area contributed by atoms with Crippen molar-refractivity contribution in [1.29, 1.82) is 0 Å². The van der Waals surface area contributed by atoms with Gasteiger partial charge in [0.15, 0.2) is 6.20 Å². The van der Waals surface area contributed by atoms with E-state index >= 15 is 0 Å². The van der Waals surface area contributed by atoms with Gasteiger partial charge in [-0.1, -0.05) is 17.8 Å². The van der Waals surface area contributed by atoms with Crippen LogP contribution >= 0.6 is 11.8 Å². The number of hydrogen-bond acceptors (Lipinski definition) is 2.